The largest absolute Gasteiger partial charge is 0.339 e. The van der Waals surface area contributed by atoms with Crippen molar-refractivity contribution < 1.29 is 4.52 Å². The first-order chi connectivity index (χ1) is 7.29. The fourth-order valence-electron chi connectivity index (χ4n) is 1.25. The molecule has 0 spiro atoms. The van der Waals surface area contributed by atoms with Crippen molar-refractivity contribution in [3.63, 3.8) is 0 Å². The average Bonchev–Trinajstić information content (AvgIpc) is 2.69. The number of benzene rings is 1. The number of hydrogen-bond acceptors (Lipinski definition) is 4. The van der Waals surface area contributed by atoms with Gasteiger partial charge in [-0.25, -0.2) is 0 Å². The zero-order chi connectivity index (χ0) is 10.7. The lowest BCUT2D eigenvalue weighted by atomic mass is 10.1. The molecule has 0 radical (unpaired) electrons. The Balaban J connectivity index is 2.18. The quantitative estimate of drug-likeness (QED) is 0.923. The van der Waals surface area contributed by atoms with E-state index in [4.69, 9.17) is 10.3 Å². The summed E-state index contributed by atoms with van der Waals surface area (Å²) in [5.74, 6) is 1.12. The Morgan fingerprint density at radius 2 is 2.13 bits per heavy atom. The molecule has 0 unspecified atom stereocenters. The third-order valence-electron chi connectivity index (χ3n) is 1.99. The lowest BCUT2D eigenvalue weighted by Gasteiger charge is -1.98. The van der Waals surface area contributed by atoms with Crippen LogP contribution in [0.3, 0.4) is 0 Å². The van der Waals surface area contributed by atoms with Crippen LogP contribution in [0.4, 0.5) is 0 Å². The minimum atomic E-state index is 0.305. The van der Waals surface area contributed by atoms with Gasteiger partial charge in [0.15, 0.2) is 5.82 Å². The van der Waals surface area contributed by atoms with E-state index in [0.29, 0.717) is 24.7 Å². The van der Waals surface area contributed by atoms with Crippen LogP contribution >= 0.6 is 15.9 Å². The summed E-state index contributed by atoms with van der Waals surface area (Å²) in [6, 6.07) is 7.93. The highest BCUT2D eigenvalue weighted by Gasteiger charge is 2.07. The fraction of sp³-hybridized carbons (Fsp3) is 0.200. The Labute approximate surface area is 95.6 Å². The van der Waals surface area contributed by atoms with Crippen molar-refractivity contribution in [1.29, 1.82) is 0 Å². The maximum Gasteiger partial charge on any atom is 0.231 e. The minimum absolute atomic E-state index is 0.305. The van der Waals surface area contributed by atoms with Crippen LogP contribution in [0.5, 0.6) is 0 Å². The highest BCUT2D eigenvalue weighted by molar-refractivity contribution is 9.10. The van der Waals surface area contributed by atoms with Gasteiger partial charge in [-0.15, -0.1) is 0 Å². The first kappa shape index (κ1) is 10.3. The molecule has 0 aliphatic heterocycles. The van der Waals surface area contributed by atoms with E-state index in [1.165, 1.54) is 0 Å². The summed E-state index contributed by atoms with van der Waals surface area (Å²) in [7, 11) is 0. The lowest BCUT2D eigenvalue weighted by Crippen LogP contribution is -1.98. The van der Waals surface area contributed by atoms with Gasteiger partial charge in [0.05, 0.1) is 13.0 Å². The standard InChI is InChI=1S/C10H10BrN3O/c11-8-4-2-1-3-7(8)5-10-13-9(6-12)14-15-10/h1-4H,5-6,12H2. The van der Waals surface area contributed by atoms with Crippen molar-refractivity contribution in [3.8, 4) is 0 Å². The number of halogens is 1. The van der Waals surface area contributed by atoms with Gasteiger partial charge in [0.2, 0.25) is 5.89 Å². The van der Waals surface area contributed by atoms with Gasteiger partial charge in [-0.2, -0.15) is 4.98 Å². The second-order valence-electron chi connectivity index (χ2n) is 3.08. The van der Waals surface area contributed by atoms with Gasteiger partial charge >= 0.3 is 0 Å². The van der Waals surface area contributed by atoms with Gasteiger partial charge in [0, 0.05) is 4.47 Å². The van der Waals surface area contributed by atoms with E-state index < -0.39 is 0 Å². The Hall–Kier alpha value is -1.20. The third-order valence-corrected chi connectivity index (χ3v) is 2.77. The van der Waals surface area contributed by atoms with Crippen LogP contribution in [-0.2, 0) is 13.0 Å². The predicted octanol–water partition coefficient (Wildman–Crippen LogP) is 1.88. The second-order valence-corrected chi connectivity index (χ2v) is 3.93. The molecular formula is C10H10BrN3O. The van der Waals surface area contributed by atoms with E-state index in [9.17, 15) is 0 Å². The molecule has 0 amide bonds. The van der Waals surface area contributed by atoms with Crippen LogP contribution in [0.1, 0.15) is 17.3 Å². The van der Waals surface area contributed by atoms with Crippen molar-refractivity contribution in [3.05, 3.63) is 46.0 Å². The van der Waals surface area contributed by atoms with E-state index in [1.807, 2.05) is 24.3 Å². The minimum Gasteiger partial charge on any atom is -0.339 e. The molecule has 1 aromatic heterocycles. The maximum absolute atomic E-state index is 5.39. The molecule has 0 aliphatic carbocycles. The summed E-state index contributed by atoms with van der Waals surface area (Å²) < 4.78 is 6.09. The summed E-state index contributed by atoms with van der Waals surface area (Å²) in [5.41, 5.74) is 6.51. The normalized spacial score (nSPS) is 10.5. The number of aromatic nitrogens is 2. The molecule has 2 aromatic rings. The molecule has 0 saturated heterocycles. The summed E-state index contributed by atoms with van der Waals surface area (Å²) in [6.07, 6.45) is 0.619. The summed E-state index contributed by atoms with van der Waals surface area (Å²) in [4.78, 5) is 4.14. The van der Waals surface area contributed by atoms with Crippen LogP contribution in [0.2, 0.25) is 0 Å². The Bertz CT molecular complexity index is 455. The maximum atomic E-state index is 5.39. The molecule has 2 N–H and O–H groups in total. The first-order valence-corrected chi connectivity index (χ1v) is 5.34. The predicted molar refractivity (Wildman–Crippen MR) is 59.1 cm³/mol. The van der Waals surface area contributed by atoms with E-state index >= 15 is 0 Å². The lowest BCUT2D eigenvalue weighted by molar-refractivity contribution is 0.379. The van der Waals surface area contributed by atoms with Gasteiger partial charge in [-0.1, -0.05) is 39.3 Å². The van der Waals surface area contributed by atoms with E-state index in [2.05, 4.69) is 26.1 Å². The molecule has 15 heavy (non-hydrogen) atoms. The van der Waals surface area contributed by atoms with Gasteiger partial charge in [-0.3, -0.25) is 0 Å². The number of rotatable bonds is 3. The van der Waals surface area contributed by atoms with Gasteiger partial charge in [-0.05, 0) is 11.6 Å². The molecule has 4 nitrogen and oxygen atoms in total. The zero-order valence-electron chi connectivity index (χ0n) is 7.98. The van der Waals surface area contributed by atoms with E-state index in [1.54, 1.807) is 0 Å². The zero-order valence-corrected chi connectivity index (χ0v) is 9.57. The third kappa shape index (κ3) is 2.43. The highest BCUT2D eigenvalue weighted by atomic mass is 79.9. The Kier molecular flexibility index (Phi) is 3.13. The molecule has 5 heteroatoms. The van der Waals surface area contributed by atoms with Crippen LogP contribution in [0, 0.1) is 0 Å². The van der Waals surface area contributed by atoms with Crippen molar-refractivity contribution >= 4 is 15.9 Å². The molecule has 0 fully saturated rings. The van der Waals surface area contributed by atoms with Gasteiger partial charge in [0.25, 0.3) is 0 Å². The number of nitrogens with zero attached hydrogens (tertiary/aromatic N) is 2. The average molecular weight is 268 g/mol. The Morgan fingerprint density at radius 3 is 2.80 bits per heavy atom. The van der Waals surface area contributed by atoms with Gasteiger partial charge < -0.3 is 10.3 Å². The van der Waals surface area contributed by atoms with E-state index in [0.717, 1.165) is 10.0 Å². The summed E-state index contributed by atoms with van der Waals surface area (Å²) >= 11 is 3.46. The molecule has 2 rings (SSSR count). The molecular weight excluding hydrogens is 258 g/mol. The number of nitrogens with two attached hydrogens (primary N) is 1. The van der Waals surface area contributed by atoms with Crippen molar-refractivity contribution in [1.82, 2.24) is 10.1 Å². The molecule has 0 saturated carbocycles. The molecule has 78 valence electrons. The van der Waals surface area contributed by atoms with Gasteiger partial charge in [0.1, 0.15) is 0 Å². The topological polar surface area (TPSA) is 64.9 Å². The smallest absolute Gasteiger partial charge is 0.231 e. The SMILES string of the molecule is NCc1noc(Cc2ccccc2Br)n1. The van der Waals surface area contributed by atoms with Crippen LogP contribution in [-0.4, -0.2) is 10.1 Å². The first-order valence-electron chi connectivity index (χ1n) is 4.54. The monoisotopic (exact) mass is 267 g/mol. The molecule has 0 atom stereocenters. The molecule has 1 heterocycles. The Morgan fingerprint density at radius 1 is 1.33 bits per heavy atom. The molecule has 0 aliphatic rings. The van der Waals surface area contributed by atoms with Crippen LogP contribution in [0.25, 0.3) is 0 Å². The van der Waals surface area contributed by atoms with Crippen LogP contribution in [0.15, 0.2) is 33.3 Å². The highest BCUT2D eigenvalue weighted by Crippen LogP contribution is 2.18. The van der Waals surface area contributed by atoms with Crippen LogP contribution < -0.4 is 5.73 Å². The summed E-state index contributed by atoms with van der Waals surface area (Å²) in [6.45, 7) is 0.305. The van der Waals surface area contributed by atoms with E-state index in [-0.39, 0.29) is 0 Å². The van der Waals surface area contributed by atoms with Crippen molar-refractivity contribution in [2.24, 2.45) is 5.73 Å². The number of hydrogen-bond donors (Lipinski definition) is 1. The van der Waals surface area contributed by atoms with Crippen molar-refractivity contribution in [2.75, 3.05) is 0 Å². The molecule has 0 bridgehead atoms. The fourth-order valence-corrected chi connectivity index (χ4v) is 1.67. The second kappa shape index (κ2) is 4.55. The molecule has 1 aromatic carbocycles. The van der Waals surface area contributed by atoms with Crippen molar-refractivity contribution in [2.45, 2.75) is 13.0 Å². The summed E-state index contributed by atoms with van der Waals surface area (Å²) in [5, 5.41) is 3.73.